The zero-order chi connectivity index (χ0) is 21.8. The molecule has 0 aliphatic rings. The SMILES string of the molecule is CC(COc1ccc(Oc2ccc(OCC=C(Cl)Cl)cc2)cc1)=NOCC=C(Cl)Cl. The lowest BCUT2D eigenvalue weighted by molar-refractivity contribution is 0.172. The van der Waals surface area contributed by atoms with Gasteiger partial charge in [-0.15, -0.1) is 0 Å². The van der Waals surface area contributed by atoms with E-state index in [0.29, 0.717) is 35.3 Å². The Balaban J connectivity index is 1.79. The highest BCUT2D eigenvalue weighted by molar-refractivity contribution is 6.56. The first kappa shape index (κ1) is 24.2. The third-order valence-electron chi connectivity index (χ3n) is 3.35. The van der Waals surface area contributed by atoms with Crippen molar-refractivity contribution in [2.45, 2.75) is 6.92 Å². The molecule has 2 rings (SSSR count). The summed E-state index contributed by atoms with van der Waals surface area (Å²) in [7, 11) is 0. The van der Waals surface area contributed by atoms with E-state index in [4.69, 9.17) is 65.5 Å². The van der Waals surface area contributed by atoms with Crippen LogP contribution >= 0.6 is 46.4 Å². The molecule has 0 aliphatic carbocycles. The number of ether oxygens (including phenoxy) is 3. The Morgan fingerprint density at radius 3 is 1.73 bits per heavy atom. The minimum absolute atomic E-state index is 0.135. The second-order valence-corrected chi connectivity index (χ2v) is 7.77. The molecule has 0 spiro atoms. The van der Waals surface area contributed by atoms with Crippen LogP contribution < -0.4 is 14.2 Å². The fourth-order valence-corrected chi connectivity index (χ4v) is 2.26. The normalized spacial score (nSPS) is 10.8. The zero-order valence-electron chi connectivity index (χ0n) is 16.0. The number of hydrogen-bond donors (Lipinski definition) is 0. The molecule has 0 atom stereocenters. The lowest BCUT2D eigenvalue weighted by Gasteiger charge is -2.09. The van der Waals surface area contributed by atoms with Crippen molar-refractivity contribution in [2.24, 2.45) is 5.16 Å². The summed E-state index contributed by atoms with van der Waals surface area (Å²) in [4.78, 5) is 5.04. The Bertz CT molecular complexity index is 873. The summed E-state index contributed by atoms with van der Waals surface area (Å²) in [5, 5.41) is 3.90. The predicted octanol–water partition coefficient (Wildman–Crippen LogP) is 7.27. The first-order chi connectivity index (χ1) is 14.4. The number of nitrogens with zero attached hydrogens (tertiary/aromatic N) is 1. The fourth-order valence-electron chi connectivity index (χ4n) is 2.01. The predicted molar refractivity (Wildman–Crippen MR) is 123 cm³/mol. The molecule has 160 valence electrons. The van der Waals surface area contributed by atoms with Crippen LogP contribution in [-0.2, 0) is 4.84 Å². The molecule has 0 amide bonds. The van der Waals surface area contributed by atoms with E-state index in [1.807, 2.05) is 12.1 Å². The molecule has 0 bridgehead atoms. The monoisotopic (exact) mass is 489 g/mol. The van der Waals surface area contributed by atoms with Gasteiger partial charge >= 0.3 is 0 Å². The van der Waals surface area contributed by atoms with Crippen molar-refractivity contribution in [3.8, 4) is 23.0 Å². The van der Waals surface area contributed by atoms with Crippen LogP contribution in [0.4, 0.5) is 0 Å². The molecule has 5 nitrogen and oxygen atoms in total. The van der Waals surface area contributed by atoms with Gasteiger partial charge in [0, 0.05) is 0 Å². The van der Waals surface area contributed by atoms with Crippen molar-refractivity contribution >= 4 is 52.1 Å². The Morgan fingerprint density at radius 2 is 1.20 bits per heavy atom. The van der Waals surface area contributed by atoms with Crippen molar-refractivity contribution in [3.63, 3.8) is 0 Å². The molecule has 2 aromatic carbocycles. The van der Waals surface area contributed by atoms with Gasteiger partial charge in [-0.3, -0.25) is 0 Å². The lowest BCUT2D eigenvalue weighted by atomic mass is 10.3. The molecule has 0 unspecified atom stereocenters. The molecule has 0 N–H and O–H groups in total. The highest BCUT2D eigenvalue weighted by Crippen LogP contribution is 2.25. The van der Waals surface area contributed by atoms with Crippen LogP contribution in [0, 0.1) is 0 Å². The topological polar surface area (TPSA) is 49.3 Å². The van der Waals surface area contributed by atoms with Crippen LogP contribution in [0.1, 0.15) is 6.92 Å². The minimum Gasteiger partial charge on any atom is -0.489 e. The third-order valence-corrected chi connectivity index (χ3v) is 3.97. The van der Waals surface area contributed by atoms with Crippen molar-refractivity contribution in [3.05, 3.63) is 69.7 Å². The summed E-state index contributed by atoms with van der Waals surface area (Å²) in [6, 6.07) is 14.4. The van der Waals surface area contributed by atoms with E-state index in [0.717, 1.165) is 0 Å². The summed E-state index contributed by atoms with van der Waals surface area (Å²) in [6.45, 7) is 2.55. The van der Waals surface area contributed by atoms with Crippen LogP contribution in [-0.4, -0.2) is 25.5 Å². The van der Waals surface area contributed by atoms with Crippen molar-refractivity contribution in [1.82, 2.24) is 0 Å². The summed E-state index contributed by atoms with van der Waals surface area (Å²) >= 11 is 22.0. The second-order valence-electron chi connectivity index (χ2n) is 5.75. The number of rotatable bonds is 11. The van der Waals surface area contributed by atoms with Gasteiger partial charge in [-0.1, -0.05) is 51.6 Å². The van der Waals surface area contributed by atoms with Gasteiger partial charge in [0.1, 0.15) is 51.8 Å². The first-order valence-electron chi connectivity index (χ1n) is 8.73. The number of oxime groups is 1. The molecule has 0 fully saturated rings. The van der Waals surface area contributed by atoms with Crippen molar-refractivity contribution in [1.29, 1.82) is 0 Å². The largest absolute Gasteiger partial charge is 0.489 e. The van der Waals surface area contributed by atoms with Crippen molar-refractivity contribution in [2.75, 3.05) is 19.8 Å². The van der Waals surface area contributed by atoms with Gasteiger partial charge in [0.15, 0.2) is 0 Å². The van der Waals surface area contributed by atoms with Crippen LogP contribution in [0.3, 0.4) is 0 Å². The molecule has 0 radical (unpaired) electrons. The molecule has 0 aliphatic heterocycles. The molecule has 30 heavy (non-hydrogen) atoms. The minimum atomic E-state index is 0.135. The molecule has 0 heterocycles. The lowest BCUT2D eigenvalue weighted by Crippen LogP contribution is -2.08. The Kier molecular flexibility index (Phi) is 10.7. The molecule has 9 heteroatoms. The molecule has 0 saturated heterocycles. The van der Waals surface area contributed by atoms with Gasteiger partial charge in [0.25, 0.3) is 0 Å². The molecular formula is C21H19Cl4NO4. The van der Waals surface area contributed by atoms with Crippen LogP contribution in [0.2, 0.25) is 0 Å². The molecule has 0 saturated carbocycles. The maximum Gasteiger partial charge on any atom is 0.138 e. The Morgan fingerprint density at radius 1 is 0.733 bits per heavy atom. The smallest absolute Gasteiger partial charge is 0.138 e. The van der Waals surface area contributed by atoms with Gasteiger partial charge in [0.05, 0.1) is 5.71 Å². The quantitative estimate of drug-likeness (QED) is 0.189. The summed E-state index contributed by atoms with van der Waals surface area (Å²) in [5.74, 6) is 2.70. The highest BCUT2D eigenvalue weighted by atomic mass is 35.5. The van der Waals surface area contributed by atoms with Gasteiger partial charge in [-0.05, 0) is 67.6 Å². The number of benzene rings is 2. The maximum atomic E-state index is 5.81. The van der Waals surface area contributed by atoms with Gasteiger partial charge in [-0.25, -0.2) is 0 Å². The van der Waals surface area contributed by atoms with E-state index < -0.39 is 0 Å². The Labute approximate surface area is 195 Å². The van der Waals surface area contributed by atoms with Crippen LogP contribution in [0.25, 0.3) is 0 Å². The van der Waals surface area contributed by atoms with Gasteiger partial charge in [-0.2, -0.15) is 0 Å². The number of hydrogen-bond acceptors (Lipinski definition) is 5. The fraction of sp³-hybridized carbons (Fsp3) is 0.190. The highest BCUT2D eigenvalue weighted by Gasteiger charge is 2.01. The molecular weight excluding hydrogens is 472 g/mol. The summed E-state index contributed by atoms with van der Waals surface area (Å²) in [5.41, 5.74) is 0.667. The first-order valence-corrected chi connectivity index (χ1v) is 10.2. The van der Waals surface area contributed by atoms with Gasteiger partial charge < -0.3 is 19.0 Å². The average Bonchev–Trinajstić information content (AvgIpc) is 2.71. The molecule has 0 aromatic heterocycles. The van der Waals surface area contributed by atoms with E-state index in [9.17, 15) is 0 Å². The third kappa shape index (κ3) is 10.1. The second kappa shape index (κ2) is 13.3. The van der Waals surface area contributed by atoms with Crippen LogP contribution in [0.5, 0.6) is 23.0 Å². The van der Waals surface area contributed by atoms with E-state index in [1.54, 1.807) is 49.4 Å². The number of halogens is 4. The van der Waals surface area contributed by atoms with Crippen molar-refractivity contribution < 1.29 is 19.0 Å². The summed E-state index contributed by atoms with van der Waals surface area (Å²) in [6.07, 6.45) is 3.06. The van der Waals surface area contributed by atoms with E-state index in [1.165, 1.54) is 6.08 Å². The van der Waals surface area contributed by atoms with E-state index in [-0.39, 0.29) is 22.2 Å². The Hall–Kier alpha value is -2.05. The zero-order valence-corrected chi connectivity index (χ0v) is 19.0. The van der Waals surface area contributed by atoms with Gasteiger partial charge in [0.2, 0.25) is 0 Å². The van der Waals surface area contributed by atoms with E-state index >= 15 is 0 Å². The average molecular weight is 491 g/mol. The maximum absolute atomic E-state index is 5.81. The summed E-state index contributed by atoms with van der Waals surface area (Å²) < 4.78 is 17.2. The molecule has 2 aromatic rings. The van der Waals surface area contributed by atoms with Crippen LogP contribution in [0.15, 0.2) is 74.8 Å². The standard InChI is InChI=1S/C21H19Cl4NO4/c1-15(26-29-13-11-21(24)25)14-28-17-4-8-19(9-5-17)30-18-6-2-16(3-7-18)27-12-10-20(22)23/h2-11H,12-14H2,1H3. The van der Waals surface area contributed by atoms with E-state index in [2.05, 4.69) is 5.16 Å².